The summed E-state index contributed by atoms with van der Waals surface area (Å²) >= 11 is 0. The summed E-state index contributed by atoms with van der Waals surface area (Å²) in [4.78, 5) is 0. The number of sulfonamides is 1. The van der Waals surface area contributed by atoms with Crippen LogP contribution in [0.25, 0.3) is 0 Å². The van der Waals surface area contributed by atoms with Crippen LogP contribution in [0.4, 0.5) is 0 Å². The quantitative estimate of drug-likeness (QED) is 0.865. The van der Waals surface area contributed by atoms with E-state index in [1.807, 2.05) is 0 Å². The second kappa shape index (κ2) is 5.93. The third-order valence-corrected chi connectivity index (χ3v) is 6.35. The molecule has 1 aliphatic heterocycles. The van der Waals surface area contributed by atoms with E-state index in [1.54, 1.807) is 4.31 Å². The fraction of sp³-hybridized carbons (Fsp3) is 1.00. The summed E-state index contributed by atoms with van der Waals surface area (Å²) in [6.45, 7) is 9.49. The minimum absolute atomic E-state index is 0.469. The van der Waals surface area contributed by atoms with E-state index < -0.39 is 10.0 Å². The van der Waals surface area contributed by atoms with E-state index in [9.17, 15) is 8.42 Å². The highest BCUT2D eigenvalue weighted by atomic mass is 32.2. The predicted molar refractivity (Wildman–Crippen MR) is 83.1 cm³/mol. The molecule has 0 bridgehead atoms. The van der Waals surface area contributed by atoms with Gasteiger partial charge in [0.15, 0.2) is 0 Å². The van der Waals surface area contributed by atoms with Crippen LogP contribution in [-0.2, 0) is 10.0 Å². The highest BCUT2D eigenvalue weighted by Gasteiger charge is 2.36. The second-order valence-electron chi connectivity index (χ2n) is 7.67. The lowest BCUT2D eigenvalue weighted by Gasteiger charge is -2.31. The minimum atomic E-state index is -2.99. The number of rotatable bonds is 4. The molecule has 2 rings (SSSR count). The van der Waals surface area contributed by atoms with Crippen molar-refractivity contribution >= 4 is 10.0 Å². The Bertz CT molecular complexity index is 425. The van der Waals surface area contributed by atoms with Gasteiger partial charge in [-0.25, -0.2) is 12.7 Å². The van der Waals surface area contributed by atoms with Crippen LogP contribution >= 0.6 is 0 Å². The molecule has 0 radical (unpaired) electrons. The molecule has 0 aromatic carbocycles. The maximum Gasteiger partial charge on any atom is 0.211 e. The van der Waals surface area contributed by atoms with Gasteiger partial charge in [-0.1, -0.05) is 20.8 Å². The molecule has 0 amide bonds. The molecule has 2 fully saturated rings. The maximum absolute atomic E-state index is 11.5. The zero-order valence-electron chi connectivity index (χ0n) is 13.4. The molecule has 2 atom stereocenters. The number of hydrogen-bond donors (Lipinski definition) is 1. The molecule has 20 heavy (non-hydrogen) atoms. The Balaban J connectivity index is 1.74. The normalized spacial score (nSPS) is 32.6. The molecule has 5 heteroatoms. The van der Waals surface area contributed by atoms with Gasteiger partial charge in [0.25, 0.3) is 0 Å². The first kappa shape index (κ1) is 16.2. The van der Waals surface area contributed by atoms with Crippen LogP contribution in [0, 0.1) is 17.3 Å². The Morgan fingerprint density at radius 3 is 2.25 bits per heavy atom. The minimum Gasteiger partial charge on any atom is -0.313 e. The Morgan fingerprint density at radius 1 is 1.20 bits per heavy atom. The Morgan fingerprint density at radius 2 is 1.80 bits per heavy atom. The van der Waals surface area contributed by atoms with Crippen LogP contribution in [0.2, 0.25) is 0 Å². The Labute approximate surface area is 124 Å². The smallest absolute Gasteiger partial charge is 0.211 e. The molecule has 1 N–H and O–H groups in total. The van der Waals surface area contributed by atoms with Crippen LogP contribution in [0.3, 0.4) is 0 Å². The molecule has 1 saturated heterocycles. The molecule has 118 valence electrons. The molecule has 0 aromatic heterocycles. The molecule has 0 spiro atoms. The molecular weight excluding hydrogens is 272 g/mol. The van der Waals surface area contributed by atoms with Gasteiger partial charge in [0, 0.05) is 19.1 Å². The molecule has 4 nitrogen and oxygen atoms in total. The fourth-order valence-corrected chi connectivity index (χ4v) is 4.80. The van der Waals surface area contributed by atoms with Crippen molar-refractivity contribution in [3.63, 3.8) is 0 Å². The third kappa shape index (κ3) is 4.18. The van der Waals surface area contributed by atoms with Crippen molar-refractivity contribution in [2.24, 2.45) is 17.3 Å². The van der Waals surface area contributed by atoms with E-state index >= 15 is 0 Å². The number of nitrogens with zero attached hydrogens (tertiary/aromatic N) is 1. The van der Waals surface area contributed by atoms with E-state index in [1.165, 1.54) is 19.1 Å². The van der Waals surface area contributed by atoms with Gasteiger partial charge < -0.3 is 5.32 Å². The summed E-state index contributed by atoms with van der Waals surface area (Å²) in [5, 5.41) is 3.74. The zero-order chi connectivity index (χ0) is 15.0. The van der Waals surface area contributed by atoms with E-state index in [0.29, 0.717) is 30.5 Å². The molecule has 0 unspecified atom stereocenters. The number of nitrogens with one attached hydrogen (secondary N) is 1. The highest BCUT2D eigenvalue weighted by Crippen LogP contribution is 2.40. The topological polar surface area (TPSA) is 49.4 Å². The summed E-state index contributed by atoms with van der Waals surface area (Å²) in [6.07, 6.45) is 5.86. The molecule has 1 heterocycles. The van der Waals surface area contributed by atoms with Gasteiger partial charge >= 0.3 is 0 Å². The van der Waals surface area contributed by atoms with Gasteiger partial charge in [-0.05, 0) is 49.5 Å². The first-order valence-electron chi connectivity index (χ1n) is 7.86. The van der Waals surface area contributed by atoms with Crippen LogP contribution in [0.1, 0.15) is 46.5 Å². The molecule has 2 aliphatic rings. The van der Waals surface area contributed by atoms with Crippen molar-refractivity contribution in [3.8, 4) is 0 Å². The summed E-state index contributed by atoms with van der Waals surface area (Å²) in [5.41, 5.74) is 0.469. The summed E-state index contributed by atoms with van der Waals surface area (Å²) in [7, 11) is -2.99. The summed E-state index contributed by atoms with van der Waals surface area (Å²) in [6, 6.07) is 0.637. The summed E-state index contributed by atoms with van der Waals surface area (Å²) < 4.78 is 24.6. The van der Waals surface area contributed by atoms with Crippen LogP contribution in [0.5, 0.6) is 0 Å². The summed E-state index contributed by atoms with van der Waals surface area (Å²) in [5.74, 6) is 1.38. The molecule has 0 aromatic rings. The first-order valence-corrected chi connectivity index (χ1v) is 9.71. The van der Waals surface area contributed by atoms with E-state index in [-0.39, 0.29) is 0 Å². The largest absolute Gasteiger partial charge is 0.313 e. The monoisotopic (exact) mass is 302 g/mol. The van der Waals surface area contributed by atoms with E-state index in [0.717, 1.165) is 25.3 Å². The van der Waals surface area contributed by atoms with Gasteiger partial charge in [-0.2, -0.15) is 0 Å². The van der Waals surface area contributed by atoms with Crippen LogP contribution < -0.4 is 5.32 Å². The Kier molecular flexibility index (Phi) is 4.82. The fourth-order valence-electron chi connectivity index (χ4n) is 3.93. The van der Waals surface area contributed by atoms with Crippen LogP contribution in [-0.4, -0.2) is 44.7 Å². The van der Waals surface area contributed by atoms with Crippen molar-refractivity contribution < 1.29 is 8.42 Å². The lowest BCUT2D eigenvalue weighted by Crippen LogP contribution is -2.42. The van der Waals surface area contributed by atoms with Gasteiger partial charge in [0.05, 0.1) is 6.26 Å². The average Bonchev–Trinajstić information content (AvgIpc) is 2.59. The van der Waals surface area contributed by atoms with Gasteiger partial charge in [-0.15, -0.1) is 0 Å². The standard InChI is InChI=1S/C15H30N2O2S/c1-12-9-15(2,3)10-14(12)16-11-13-5-7-17(8-6-13)20(4,18)19/h12-14,16H,5-11H2,1-4H3/t12-,14-/m0/s1. The van der Waals surface area contributed by atoms with E-state index in [2.05, 4.69) is 26.1 Å². The van der Waals surface area contributed by atoms with Crippen LogP contribution in [0.15, 0.2) is 0 Å². The van der Waals surface area contributed by atoms with Crippen molar-refractivity contribution in [2.75, 3.05) is 25.9 Å². The van der Waals surface area contributed by atoms with Crippen molar-refractivity contribution in [1.29, 1.82) is 0 Å². The lowest BCUT2D eigenvalue weighted by molar-refractivity contribution is 0.256. The number of piperidine rings is 1. The van der Waals surface area contributed by atoms with Crippen molar-refractivity contribution in [3.05, 3.63) is 0 Å². The lowest BCUT2D eigenvalue weighted by atomic mass is 9.91. The van der Waals surface area contributed by atoms with Crippen molar-refractivity contribution in [2.45, 2.75) is 52.5 Å². The van der Waals surface area contributed by atoms with Gasteiger partial charge in [-0.3, -0.25) is 0 Å². The van der Waals surface area contributed by atoms with Gasteiger partial charge in [0.2, 0.25) is 10.0 Å². The number of hydrogen-bond acceptors (Lipinski definition) is 3. The SMILES string of the molecule is C[C@H]1CC(C)(C)C[C@@H]1NCC1CCN(S(C)(=O)=O)CC1. The average molecular weight is 302 g/mol. The zero-order valence-corrected chi connectivity index (χ0v) is 14.2. The Hall–Kier alpha value is -0.130. The predicted octanol–water partition coefficient (Wildman–Crippen LogP) is 2.07. The van der Waals surface area contributed by atoms with Crippen molar-refractivity contribution in [1.82, 2.24) is 9.62 Å². The van der Waals surface area contributed by atoms with E-state index in [4.69, 9.17) is 0 Å². The molecule has 1 aliphatic carbocycles. The van der Waals surface area contributed by atoms with Gasteiger partial charge in [0.1, 0.15) is 0 Å². The highest BCUT2D eigenvalue weighted by molar-refractivity contribution is 7.88. The molecule has 1 saturated carbocycles. The third-order valence-electron chi connectivity index (χ3n) is 5.05. The molecular formula is C15H30N2O2S. The second-order valence-corrected chi connectivity index (χ2v) is 9.65. The maximum atomic E-state index is 11.5. The first-order chi connectivity index (χ1) is 9.17.